The van der Waals surface area contributed by atoms with Crippen LogP contribution in [0.3, 0.4) is 0 Å². The summed E-state index contributed by atoms with van der Waals surface area (Å²) in [6, 6.07) is 6.39. The Labute approximate surface area is 101 Å². The molecule has 1 amide bonds. The summed E-state index contributed by atoms with van der Waals surface area (Å²) in [5.41, 5.74) is 3.67. The van der Waals surface area contributed by atoms with Crippen molar-refractivity contribution >= 4 is 17.5 Å². The van der Waals surface area contributed by atoms with Gasteiger partial charge in [0.2, 0.25) is 5.91 Å². The number of nitrogens with zero attached hydrogens (tertiary/aromatic N) is 1. The number of likely N-dealkylation sites (tertiary alicyclic amines) is 1. The molecule has 2 rings (SSSR count). The summed E-state index contributed by atoms with van der Waals surface area (Å²) in [5, 5.41) is -0.0154. The Morgan fingerprint density at radius 2 is 1.94 bits per heavy atom. The van der Waals surface area contributed by atoms with Crippen LogP contribution in [0.15, 0.2) is 18.2 Å². The highest BCUT2D eigenvalue weighted by molar-refractivity contribution is 6.22. The van der Waals surface area contributed by atoms with Gasteiger partial charge in [-0.2, -0.15) is 0 Å². The van der Waals surface area contributed by atoms with Crippen LogP contribution >= 0.6 is 11.6 Å². The quantitative estimate of drug-likeness (QED) is 0.725. The van der Waals surface area contributed by atoms with Gasteiger partial charge in [0.05, 0.1) is 5.38 Å². The first-order valence-corrected chi connectivity index (χ1v) is 5.97. The van der Waals surface area contributed by atoms with E-state index in [0.29, 0.717) is 19.5 Å². The van der Waals surface area contributed by atoms with Crippen LogP contribution in [0.1, 0.15) is 23.1 Å². The Bertz CT molecular complexity index is 396. The molecular formula is C13H16ClNO. The first-order chi connectivity index (χ1) is 7.54. The lowest BCUT2D eigenvalue weighted by Gasteiger charge is -2.16. The number of hydrogen-bond donors (Lipinski definition) is 0. The Balaban J connectivity index is 2.12. The molecule has 1 atom stereocenters. The van der Waals surface area contributed by atoms with Gasteiger partial charge in [0.25, 0.3) is 0 Å². The second kappa shape index (κ2) is 4.46. The van der Waals surface area contributed by atoms with Crippen molar-refractivity contribution in [2.24, 2.45) is 0 Å². The van der Waals surface area contributed by atoms with Gasteiger partial charge < -0.3 is 4.90 Å². The third-order valence-corrected chi connectivity index (χ3v) is 3.11. The number of benzene rings is 1. The van der Waals surface area contributed by atoms with Gasteiger partial charge in [-0.05, 0) is 19.4 Å². The molecule has 16 heavy (non-hydrogen) atoms. The smallest absolute Gasteiger partial charge is 0.224 e. The molecule has 1 fully saturated rings. The Hall–Kier alpha value is -1.02. The molecule has 1 aliphatic rings. The first kappa shape index (κ1) is 11.5. The van der Waals surface area contributed by atoms with E-state index in [0.717, 1.165) is 0 Å². The van der Waals surface area contributed by atoms with E-state index >= 15 is 0 Å². The number of amides is 1. The molecule has 0 radical (unpaired) electrons. The Morgan fingerprint density at radius 1 is 1.31 bits per heavy atom. The third-order valence-electron chi connectivity index (χ3n) is 2.82. The van der Waals surface area contributed by atoms with Crippen LogP contribution in [0, 0.1) is 13.8 Å². The van der Waals surface area contributed by atoms with Crippen molar-refractivity contribution in [1.29, 1.82) is 0 Å². The molecule has 86 valence electrons. The first-order valence-electron chi connectivity index (χ1n) is 5.53. The van der Waals surface area contributed by atoms with Crippen LogP contribution in [-0.2, 0) is 11.3 Å². The molecule has 3 heteroatoms. The average molecular weight is 238 g/mol. The number of carbonyl (C=O) groups excluding carboxylic acids is 1. The van der Waals surface area contributed by atoms with Crippen LogP contribution in [0.4, 0.5) is 0 Å². The van der Waals surface area contributed by atoms with Gasteiger partial charge in [0.15, 0.2) is 0 Å². The lowest BCUT2D eigenvalue weighted by molar-refractivity contribution is -0.128. The predicted octanol–water partition coefficient (Wildman–Crippen LogP) is 2.64. The van der Waals surface area contributed by atoms with E-state index in [-0.39, 0.29) is 11.3 Å². The van der Waals surface area contributed by atoms with E-state index in [4.69, 9.17) is 11.6 Å². The highest BCUT2D eigenvalue weighted by Crippen LogP contribution is 2.19. The molecule has 0 aliphatic carbocycles. The van der Waals surface area contributed by atoms with E-state index in [1.807, 2.05) is 4.90 Å². The van der Waals surface area contributed by atoms with Gasteiger partial charge >= 0.3 is 0 Å². The van der Waals surface area contributed by atoms with E-state index < -0.39 is 0 Å². The molecule has 1 aromatic carbocycles. The summed E-state index contributed by atoms with van der Waals surface area (Å²) >= 11 is 5.97. The van der Waals surface area contributed by atoms with Crippen molar-refractivity contribution in [1.82, 2.24) is 4.90 Å². The monoisotopic (exact) mass is 237 g/mol. The van der Waals surface area contributed by atoms with Gasteiger partial charge in [0, 0.05) is 19.5 Å². The summed E-state index contributed by atoms with van der Waals surface area (Å²) in [4.78, 5) is 13.4. The molecule has 0 saturated carbocycles. The minimum atomic E-state index is -0.0154. The summed E-state index contributed by atoms with van der Waals surface area (Å²) < 4.78 is 0. The highest BCUT2D eigenvalue weighted by Gasteiger charge is 2.27. The van der Waals surface area contributed by atoms with Crippen molar-refractivity contribution in [3.8, 4) is 0 Å². The lowest BCUT2D eigenvalue weighted by atomic mass is 10.1. The van der Waals surface area contributed by atoms with Crippen LogP contribution in [0.2, 0.25) is 0 Å². The Morgan fingerprint density at radius 3 is 2.44 bits per heavy atom. The Kier molecular flexibility index (Phi) is 3.20. The number of rotatable bonds is 2. The fourth-order valence-electron chi connectivity index (χ4n) is 2.26. The second-order valence-electron chi connectivity index (χ2n) is 4.57. The van der Waals surface area contributed by atoms with Gasteiger partial charge in [-0.3, -0.25) is 4.79 Å². The van der Waals surface area contributed by atoms with Gasteiger partial charge in [-0.1, -0.05) is 29.3 Å². The van der Waals surface area contributed by atoms with Crippen molar-refractivity contribution in [2.45, 2.75) is 32.2 Å². The maximum atomic E-state index is 11.6. The van der Waals surface area contributed by atoms with Crippen LogP contribution in [-0.4, -0.2) is 22.7 Å². The lowest BCUT2D eigenvalue weighted by Crippen LogP contribution is -2.24. The molecular weight excluding hydrogens is 222 g/mol. The number of alkyl halides is 1. The minimum Gasteiger partial charge on any atom is -0.337 e. The van der Waals surface area contributed by atoms with Crippen LogP contribution < -0.4 is 0 Å². The maximum Gasteiger partial charge on any atom is 0.224 e. The van der Waals surface area contributed by atoms with Crippen LogP contribution in [0.5, 0.6) is 0 Å². The second-order valence-corrected chi connectivity index (χ2v) is 5.19. The van der Waals surface area contributed by atoms with Crippen molar-refractivity contribution in [3.05, 3.63) is 34.9 Å². The molecule has 2 nitrogen and oxygen atoms in total. The molecule has 0 aromatic heterocycles. The normalized spacial score (nSPS) is 20.6. The average Bonchev–Trinajstić information content (AvgIpc) is 2.43. The van der Waals surface area contributed by atoms with Crippen molar-refractivity contribution < 1.29 is 4.79 Å². The molecule has 1 heterocycles. The number of hydrogen-bond acceptors (Lipinski definition) is 1. The SMILES string of the molecule is Cc1cc(C)cc(CN2CC(Cl)CC2=O)c1. The van der Waals surface area contributed by atoms with E-state index in [9.17, 15) is 4.79 Å². The van der Waals surface area contributed by atoms with Gasteiger partial charge in [-0.15, -0.1) is 11.6 Å². The number of aryl methyl sites for hydroxylation is 2. The highest BCUT2D eigenvalue weighted by atomic mass is 35.5. The topological polar surface area (TPSA) is 20.3 Å². The zero-order valence-electron chi connectivity index (χ0n) is 9.66. The number of halogens is 1. The van der Waals surface area contributed by atoms with E-state index in [2.05, 4.69) is 32.0 Å². The molecule has 0 spiro atoms. The summed E-state index contributed by atoms with van der Waals surface area (Å²) in [5.74, 6) is 0.166. The molecule has 0 N–H and O–H groups in total. The van der Waals surface area contributed by atoms with Gasteiger partial charge in [0.1, 0.15) is 0 Å². The standard InChI is InChI=1S/C13H16ClNO/c1-9-3-10(2)5-11(4-9)7-15-8-12(14)6-13(15)16/h3-5,12H,6-8H2,1-2H3. The van der Waals surface area contributed by atoms with E-state index in [1.54, 1.807) is 0 Å². The van der Waals surface area contributed by atoms with Crippen molar-refractivity contribution in [2.75, 3.05) is 6.54 Å². The molecule has 1 aromatic rings. The molecule has 1 aliphatic heterocycles. The summed E-state index contributed by atoms with van der Waals surface area (Å²) in [6.07, 6.45) is 0.479. The van der Waals surface area contributed by atoms with Crippen molar-refractivity contribution in [3.63, 3.8) is 0 Å². The van der Waals surface area contributed by atoms with E-state index in [1.165, 1.54) is 16.7 Å². The fraction of sp³-hybridized carbons (Fsp3) is 0.462. The largest absolute Gasteiger partial charge is 0.337 e. The fourth-order valence-corrected chi connectivity index (χ4v) is 2.56. The minimum absolute atomic E-state index is 0.0154. The zero-order chi connectivity index (χ0) is 11.7. The van der Waals surface area contributed by atoms with Crippen LogP contribution in [0.25, 0.3) is 0 Å². The summed E-state index contributed by atoms with van der Waals surface area (Å²) in [7, 11) is 0. The maximum absolute atomic E-state index is 11.6. The molecule has 1 saturated heterocycles. The zero-order valence-corrected chi connectivity index (χ0v) is 10.4. The molecule has 0 bridgehead atoms. The predicted molar refractivity (Wildman–Crippen MR) is 65.6 cm³/mol. The number of carbonyl (C=O) groups is 1. The molecule has 1 unspecified atom stereocenters. The van der Waals surface area contributed by atoms with Gasteiger partial charge in [-0.25, -0.2) is 0 Å². The summed E-state index contributed by atoms with van der Waals surface area (Å²) in [6.45, 7) is 5.51. The third kappa shape index (κ3) is 2.56.